The number of hydrogen-bond acceptors (Lipinski definition) is 26. The van der Waals surface area contributed by atoms with E-state index in [0.29, 0.717) is 0 Å². The summed E-state index contributed by atoms with van der Waals surface area (Å²) in [5.74, 6) is -41.2. The number of phenolic OH excluding ortho intramolecular Hbond substituents is 15. The molecule has 5 atom stereocenters. The third-order valence-electron chi connectivity index (χ3n) is 11.0. The van der Waals surface area contributed by atoms with Crippen LogP contribution in [0.25, 0.3) is 0 Å². The van der Waals surface area contributed by atoms with E-state index in [1.54, 1.807) is 0 Å². The van der Waals surface area contributed by atoms with Crippen LogP contribution >= 0.6 is 0 Å². The third-order valence-corrected chi connectivity index (χ3v) is 11.0. The van der Waals surface area contributed by atoms with E-state index in [0.717, 1.165) is 0 Å². The SMILES string of the molecule is O=C(c1cc(O)c(O)c(O)c1)C1(O)O[C@@](CO)(C(=O)c2cc(O)c(O)c(O)c2)[C@](O)(C(=O)c2cc(O)c(O)c(O)c2)[C@@](O)(C(=O)c2cc(O)c(O)c(O)c2)[C@]1(O)C(=O)c1cc(O)c(O)c(O)c1. The van der Waals surface area contributed by atoms with E-state index in [2.05, 4.69) is 0 Å². The number of rotatable bonds is 11. The van der Waals surface area contributed by atoms with E-state index in [-0.39, 0.29) is 60.7 Å². The summed E-state index contributed by atoms with van der Waals surface area (Å²) < 4.78 is 5.41. The molecule has 352 valence electrons. The number of aliphatic hydroxyl groups excluding tert-OH is 1. The van der Waals surface area contributed by atoms with Crippen LogP contribution < -0.4 is 0 Å². The van der Waals surface area contributed by atoms with Crippen molar-refractivity contribution in [3.05, 3.63) is 88.5 Å². The van der Waals surface area contributed by atoms with Crippen molar-refractivity contribution >= 4 is 28.9 Å². The average Bonchev–Trinajstić information content (AvgIpc) is 3.28. The standard InChI is InChI=1S/C41H32O26/c42-11-37(32(58)12-1-17(43)27(53)18(44)2-12)38(63,33(59)13-3-19(45)28(54)20(46)4-13)39(64,34(60)14-5-21(47)29(55)22(48)6-14)40(65,35(61)15-7-23(49)30(56)24(50)8-15)41(66,67-37)36(62)16-9-25(51)31(57)26(52)10-16/h1-10,42-57,63-66H,11H2/t37-,38+,39-,40+,41?/m0/s1. The van der Waals surface area contributed by atoms with Crippen LogP contribution in [0.1, 0.15) is 51.8 Å². The fraction of sp³-hybridized carbons (Fsp3) is 0.146. The predicted molar refractivity (Wildman–Crippen MR) is 210 cm³/mol. The van der Waals surface area contributed by atoms with Crippen molar-refractivity contribution in [3.63, 3.8) is 0 Å². The smallest absolute Gasteiger partial charge is 0.273 e. The molecule has 6 rings (SSSR count). The molecule has 0 aromatic heterocycles. The molecule has 0 saturated carbocycles. The molecule has 1 heterocycles. The van der Waals surface area contributed by atoms with Crippen molar-refractivity contribution in [2.75, 3.05) is 6.61 Å². The van der Waals surface area contributed by atoms with Gasteiger partial charge in [0.1, 0.15) is 0 Å². The van der Waals surface area contributed by atoms with E-state index in [1.165, 1.54) is 0 Å². The lowest BCUT2D eigenvalue weighted by molar-refractivity contribution is -0.395. The third kappa shape index (κ3) is 6.31. The van der Waals surface area contributed by atoms with Gasteiger partial charge in [0.2, 0.25) is 45.7 Å². The van der Waals surface area contributed by atoms with Gasteiger partial charge in [-0.05, 0) is 60.7 Å². The van der Waals surface area contributed by atoms with Gasteiger partial charge in [-0.1, -0.05) is 0 Å². The number of hydrogen-bond donors (Lipinski definition) is 20. The van der Waals surface area contributed by atoms with Gasteiger partial charge in [0.05, 0.1) is 6.61 Å². The van der Waals surface area contributed by atoms with Crippen LogP contribution in [-0.4, -0.2) is 166 Å². The van der Waals surface area contributed by atoms with Crippen LogP contribution in [0.3, 0.4) is 0 Å². The Morgan fingerprint density at radius 3 is 0.791 bits per heavy atom. The van der Waals surface area contributed by atoms with Crippen LogP contribution in [0.2, 0.25) is 0 Å². The second-order valence-corrected chi connectivity index (χ2v) is 14.8. The summed E-state index contributed by atoms with van der Waals surface area (Å²) in [7, 11) is 0. The molecule has 20 N–H and O–H groups in total. The van der Waals surface area contributed by atoms with Crippen molar-refractivity contribution in [2.24, 2.45) is 0 Å². The first-order chi connectivity index (χ1) is 30.9. The van der Waals surface area contributed by atoms with Crippen LogP contribution in [-0.2, 0) is 4.74 Å². The Hall–Kier alpha value is -8.79. The first-order valence-electron chi connectivity index (χ1n) is 18.1. The topological polar surface area (TPSA) is 499 Å². The number of carbonyl (C=O) groups is 5. The molecular weight excluding hydrogens is 908 g/mol. The largest absolute Gasteiger partial charge is 0.504 e. The minimum absolute atomic E-state index is 0.0203. The molecule has 26 nitrogen and oxygen atoms in total. The normalized spacial score (nSPS) is 23.6. The van der Waals surface area contributed by atoms with Crippen molar-refractivity contribution in [3.8, 4) is 86.2 Å². The lowest BCUT2D eigenvalue weighted by Gasteiger charge is -2.63. The molecule has 1 fully saturated rings. The molecule has 0 radical (unpaired) electrons. The van der Waals surface area contributed by atoms with Gasteiger partial charge in [0.15, 0.2) is 91.8 Å². The summed E-state index contributed by atoms with van der Waals surface area (Å²) in [4.78, 5) is 75.9. The second kappa shape index (κ2) is 15.4. The average molecular weight is 941 g/mol. The predicted octanol–water partition coefficient (Wildman–Crippen LogP) is -1.37. The summed E-state index contributed by atoms with van der Waals surface area (Å²) in [5, 5.41) is 219. The molecule has 1 aliphatic heterocycles. The molecule has 0 spiro atoms. The highest BCUT2D eigenvalue weighted by Crippen LogP contribution is 2.60. The second-order valence-electron chi connectivity index (χ2n) is 14.8. The molecule has 0 amide bonds. The number of ketones is 5. The van der Waals surface area contributed by atoms with Crippen LogP contribution in [0.4, 0.5) is 0 Å². The molecule has 1 aliphatic rings. The van der Waals surface area contributed by atoms with E-state index in [9.17, 15) is 107 Å². The summed E-state index contributed by atoms with van der Waals surface area (Å²) >= 11 is 0. The molecule has 0 aliphatic carbocycles. The van der Waals surface area contributed by atoms with Gasteiger partial charge in [0.25, 0.3) is 5.79 Å². The lowest BCUT2D eigenvalue weighted by Crippen LogP contribution is -2.95. The molecular formula is C41H32O26. The van der Waals surface area contributed by atoms with Gasteiger partial charge in [-0.25, -0.2) is 0 Å². The minimum Gasteiger partial charge on any atom is -0.504 e. The Bertz CT molecular complexity index is 2900. The Kier molecular flexibility index (Phi) is 11.0. The molecule has 0 bridgehead atoms. The van der Waals surface area contributed by atoms with E-state index in [1.807, 2.05) is 0 Å². The van der Waals surface area contributed by atoms with Crippen molar-refractivity contribution in [2.45, 2.75) is 28.2 Å². The van der Waals surface area contributed by atoms with Gasteiger partial charge in [-0.2, -0.15) is 0 Å². The van der Waals surface area contributed by atoms with Gasteiger partial charge in [-0.15, -0.1) is 0 Å². The zero-order valence-corrected chi connectivity index (χ0v) is 32.9. The highest BCUT2D eigenvalue weighted by Gasteiger charge is 2.91. The van der Waals surface area contributed by atoms with Gasteiger partial charge in [0, 0.05) is 27.8 Å². The van der Waals surface area contributed by atoms with E-state index >= 15 is 19.2 Å². The number of benzene rings is 5. The number of ether oxygens (including phenoxy) is 1. The summed E-state index contributed by atoms with van der Waals surface area (Å²) in [6.07, 6.45) is 0. The van der Waals surface area contributed by atoms with Crippen LogP contribution in [0.15, 0.2) is 60.7 Å². The molecule has 1 unspecified atom stereocenters. The van der Waals surface area contributed by atoms with Crippen molar-refractivity contribution in [1.82, 2.24) is 0 Å². The Balaban J connectivity index is 1.94. The monoisotopic (exact) mass is 940 g/mol. The Morgan fingerprint density at radius 2 is 0.537 bits per heavy atom. The molecule has 1 saturated heterocycles. The van der Waals surface area contributed by atoms with Crippen molar-refractivity contribution < 1.29 is 131 Å². The van der Waals surface area contributed by atoms with Gasteiger partial charge < -0.3 is 107 Å². The number of Topliss-reactive ketones (excluding diaryl/α,β-unsaturated/α-hetero) is 5. The number of carbonyl (C=O) groups excluding carboxylic acids is 5. The molecule has 5 aromatic rings. The number of phenols is 15. The fourth-order valence-corrected chi connectivity index (χ4v) is 7.57. The van der Waals surface area contributed by atoms with Crippen molar-refractivity contribution in [1.29, 1.82) is 0 Å². The summed E-state index contributed by atoms with van der Waals surface area (Å²) in [6.45, 7) is -2.60. The summed E-state index contributed by atoms with van der Waals surface area (Å²) in [5.41, 5.74) is -29.1. The number of aliphatic hydroxyl groups is 5. The highest BCUT2D eigenvalue weighted by molar-refractivity contribution is 6.25. The first kappa shape index (κ1) is 47.7. The van der Waals surface area contributed by atoms with E-state index < -0.39 is 178 Å². The maximum atomic E-state index is 15.4. The molecule has 5 aromatic carbocycles. The van der Waals surface area contributed by atoms with Gasteiger partial charge >= 0.3 is 0 Å². The lowest BCUT2D eigenvalue weighted by atomic mass is 9.51. The molecule has 26 heteroatoms. The maximum absolute atomic E-state index is 15.4. The fourth-order valence-electron chi connectivity index (χ4n) is 7.57. The number of aromatic hydroxyl groups is 15. The van der Waals surface area contributed by atoms with Crippen LogP contribution in [0.5, 0.6) is 86.2 Å². The minimum atomic E-state index is -5.60. The maximum Gasteiger partial charge on any atom is 0.273 e. The zero-order chi connectivity index (χ0) is 50.4. The highest BCUT2D eigenvalue weighted by atomic mass is 16.7. The first-order valence-corrected chi connectivity index (χ1v) is 18.1. The Labute approximate surface area is 368 Å². The van der Waals surface area contributed by atoms with Gasteiger partial charge in [-0.3, -0.25) is 24.0 Å². The Morgan fingerprint density at radius 1 is 0.328 bits per heavy atom. The van der Waals surface area contributed by atoms with Crippen LogP contribution in [0, 0.1) is 0 Å². The summed E-state index contributed by atoms with van der Waals surface area (Å²) in [6, 6.07) is 0.683. The molecule has 67 heavy (non-hydrogen) atoms. The zero-order valence-electron chi connectivity index (χ0n) is 32.9. The van der Waals surface area contributed by atoms with E-state index in [4.69, 9.17) is 4.74 Å². The quantitative estimate of drug-likeness (QED) is 0.0536.